The normalized spacial score (nSPS) is 11.8. The summed E-state index contributed by atoms with van der Waals surface area (Å²) >= 11 is 0. The van der Waals surface area contributed by atoms with Crippen LogP contribution >= 0.6 is 0 Å². The van der Waals surface area contributed by atoms with Crippen LogP contribution in [0.15, 0.2) is 48.5 Å². The molecule has 0 saturated carbocycles. The van der Waals surface area contributed by atoms with Crippen molar-refractivity contribution in [3.05, 3.63) is 65.5 Å². The van der Waals surface area contributed by atoms with E-state index in [-0.39, 0.29) is 18.4 Å². The third-order valence-electron chi connectivity index (χ3n) is 3.35. The van der Waals surface area contributed by atoms with E-state index in [9.17, 15) is 9.18 Å². The van der Waals surface area contributed by atoms with Gasteiger partial charge in [-0.1, -0.05) is 30.3 Å². The first-order chi connectivity index (χ1) is 10.6. The number of hydrogen-bond donors (Lipinski definition) is 2. The average molecular weight is 302 g/mol. The molecule has 0 radical (unpaired) electrons. The van der Waals surface area contributed by atoms with Gasteiger partial charge in [0.1, 0.15) is 5.82 Å². The van der Waals surface area contributed by atoms with Gasteiger partial charge in [0.15, 0.2) is 0 Å². The van der Waals surface area contributed by atoms with Gasteiger partial charge >= 0.3 is 6.03 Å². The molecule has 2 N–H and O–H groups in total. The molecule has 0 aromatic heterocycles. The molecule has 0 bridgehead atoms. The van der Waals surface area contributed by atoms with Crippen LogP contribution in [-0.4, -0.2) is 19.7 Å². The molecular formula is C17H19FN2O2. The Morgan fingerprint density at radius 3 is 2.68 bits per heavy atom. The number of methoxy groups -OCH3 is 1. The predicted molar refractivity (Wildman–Crippen MR) is 84.4 cm³/mol. The molecular weight excluding hydrogens is 283 g/mol. The van der Waals surface area contributed by atoms with Gasteiger partial charge in [0.2, 0.25) is 0 Å². The molecule has 5 heteroatoms. The second kappa shape index (κ2) is 7.56. The van der Waals surface area contributed by atoms with E-state index in [1.165, 1.54) is 19.2 Å². The average Bonchev–Trinajstić information content (AvgIpc) is 2.50. The van der Waals surface area contributed by atoms with Crippen LogP contribution in [0.3, 0.4) is 0 Å². The summed E-state index contributed by atoms with van der Waals surface area (Å²) in [6.07, 6.45) is -0.404. The van der Waals surface area contributed by atoms with Gasteiger partial charge in [-0.05, 0) is 36.2 Å². The van der Waals surface area contributed by atoms with E-state index in [1.807, 2.05) is 31.2 Å². The summed E-state index contributed by atoms with van der Waals surface area (Å²) in [7, 11) is 1.52. The molecule has 0 heterocycles. The molecule has 2 amide bonds. The van der Waals surface area contributed by atoms with Crippen molar-refractivity contribution in [1.82, 2.24) is 5.32 Å². The van der Waals surface area contributed by atoms with Crippen LogP contribution in [0, 0.1) is 12.7 Å². The lowest BCUT2D eigenvalue weighted by Crippen LogP contribution is -2.33. The zero-order valence-corrected chi connectivity index (χ0v) is 12.6. The molecule has 0 aliphatic heterocycles. The molecule has 116 valence electrons. The second-order valence-electron chi connectivity index (χ2n) is 4.93. The van der Waals surface area contributed by atoms with Crippen LogP contribution < -0.4 is 10.6 Å². The van der Waals surface area contributed by atoms with Crippen molar-refractivity contribution in [2.24, 2.45) is 0 Å². The van der Waals surface area contributed by atoms with E-state index in [4.69, 9.17) is 4.74 Å². The summed E-state index contributed by atoms with van der Waals surface area (Å²) in [6.45, 7) is 2.16. The Kier molecular flexibility index (Phi) is 5.49. The Labute approximate surface area is 129 Å². The maximum absolute atomic E-state index is 13.2. The minimum atomic E-state index is -0.404. The largest absolute Gasteiger partial charge is 0.375 e. The van der Waals surface area contributed by atoms with Crippen LogP contribution in [0.5, 0.6) is 0 Å². The summed E-state index contributed by atoms with van der Waals surface area (Å²) in [5.41, 5.74) is 2.41. The number of halogens is 1. The quantitative estimate of drug-likeness (QED) is 0.886. The number of rotatable bonds is 5. The van der Waals surface area contributed by atoms with E-state index in [0.717, 1.165) is 11.3 Å². The molecule has 1 atom stereocenters. The second-order valence-corrected chi connectivity index (χ2v) is 4.93. The van der Waals surface area contributed by atoms with Crippen molar-refractivity contribution in [2.45, 2.75) is 13.0 Å². The zero-order valence-electron chi connectivity index (χ0n) is 12.6. The SMILES string of the molecule is CO[C@@H](CNC(=O)Nc1ccccc1C)c1cccc(F)c1. The summed E-state index contributed by atoms with van der Waals surface area (Å²) < 4.78 is 18.5. The lowest BCUT2D eigenvalue weighted by Gasteiger charge is -2.17. The van der Waals surface area contributed by atoms with Crippen molar-refractivity contribution < 1.29 is 13.9 Å². The molecule has 22 heavy (non-hydrogen) atoms. The molecule has 0 unspecified atom stereocenters. The maximum Gasteiger partial charge on any atom is 0.319 e. The number of urea groups is 1. The Hall–Kier alpha value is -2.40. The third-order valence-corrected chi connectivity index (χ3v) is 3.35. The van der Waals surface area contributed by atoms with Crippen molar-refractivity contribution in [2.75, 3.05) is 19.0 Å². The molecule has 0 fully saturated rings. The number of para-hydroxylation sites is 1. The number of aryl methyl sites for hydroxylation is 1. The lowest BCUT2D eigenvalue weighted by molar-refractivity contribution is 0.104. The lowest BCUT2D eigenvalue weighted by atomic mass is 10.1. The minimum absolute atomic E-state index is 0.248. The highest BCUT2D eigenvalue weighted by Crippen LogP contribution is 2.17. The minimum Gasteiger partial charge on any atom is -0.375 e. The summed E-state index contributed by atoms with van der Waals surface area (Å²) in [6, 6.07) is 13.3. The Balaban J connectivity index is 1.93. The highest BCUT2D eigenvalue weighted by atomic mass is 19.1. The van der Waals surface area contributed by atoms with Crippen molar-refractivity contribution in [1.29, 1.82) is 0 Å². The van der Waals surface area contributed by atoms with Crippen molar-refractivity contribution in [3.63, 3.8) is 0 Å². The molecule has 0 aliphatic rings. The topological polar surface area (TPSA) is 50.4 Å². The number of carbonyl (C=O) groups excluding carboxylic acids is 1. The van der Waals surface area contributed by atoms with Crippen LogP contribution in [-0.2, 0) is 4.74 Å². The zero-order chi connectivity index (χ0) is 15.9. The van der Waals surface area contributed by atoms with Gasteiger partial charge in [-0.15, -0.1) is 0 Å². The maximum atomic E-state index is 13.2. The van der Waals surface area contributed by atoms with Gasteiger partial charge in [-0.25, -0.2) is 9.18 Å². The fourth-order valence-corrected chi connectivity index (χ4v) is 2.11. The first-order valence-corrected chi connectivity index (χ1v) is 6.99. The van der Waals surface area contributed by atoms with Crippen molar-refractivity contribution in [3.8, 4) is 0 Å². The highest BCUT2D eigenvalue weighted by Gasteiger charge is 2.13. The number of nitrogens with one attached hydrogen (secondary N) is 2. The molecule has 0 saturated heterocycles. The molecule has 2 aromatic rings. The first kappa shape index (κ1) is 16.0. The first-order valence-electron chi connectivity index (χ1n) is 6.99. The molecule has 4 nitrogen and oxygen atoms in total. The van der Waals surface area contributed by atoms with E-state index >= 15 is 0 Å². The molecule has 0 aliphatic carbocycles. The van der Waals surface area contributed by atoms with Crippen LogP contribution in [0.2, 0.25) is 0 Å². The fraction of sp³-hybridized carbons (Fsp3) is 0.235. The molecule has 0 spiro atoms. The van der Waals surface area contributed by atoms with Crippen LogP contribution in [0.4, 0.5) is 14.9 Å². The molecule has 2 rings (SSSR count). The van der Waals surface area contributed by atoms with Crippen LogP contribution in [0.1, 0.15) is 17.2 Å². The predicted octanol–water partition coefficient (Wildman–Crippen LogP) is 3.64. The number of hydrogen-bond acceptors (Lipinski definition) is 2. The van der Waals surface area contributed by atoms with Gasteiger partial charge in [0.25, 0.3) is 0 Å². The highest BCUT2D eigenvalue weighted by molar-refractivity contribution is 5.90. The van der Waals surface area contributed by atoms with E-state index in [2.05, 4.69) is 10.6 Å². The van der Waals surface area contributed by atoms with Gasteiger partial charge in [-0.2, -0.15) is 0 Å². The van der Waals surface area contributed by atoms with E-state index in [1.54, 1.807) is 12.1 Å². The van der Waals surface area contributed by atoms with Crippen LogP contribution in [0.25, 0.3) is 0 Å². The Morgan fingerprint density at radius 1 is 1.23 bits per heavy atom. The third kappa shape index (κ3) is 4.30. The standard InChI is InChI=1S/C17H19FN2O2/c1-12-6-3-4-9-15(12)20-17(21)19-11-16(22-2)13-7-5-8-14(18)10-13/h3-10,16H,11H2,1-2H3,(H2,19,20,21)/t16-/m0/s1. The number of amides is 2. The summed E-state index contributed by atoms with van der Waals surface area (Å²) in [4.78, 5) is 11.9. The number of benzene rings is 2. The van der Waals surface area contributed by atoms with Crippen molar-refractivity contribution >= 4 is 11.7 Å². The van der Waals surface area contributed by atoms with E-state index in [0.29, 0.717) is 5.56 Å². The Morgan fingerprint density at radius 2 is 2.00 bits per heavy atom. The smallest absolute Gasteiger partial charge is 0.319 e. The van der Waals surface area contributed by atoms with Gasteiger partial charge in [-0.3, -0.25) is 0 Å². The van der Waals surface area contributed by atoms with Gasteiger partial charge < -0.3 is 15.4 Å². The van der Waals surface area contributed by atoms with E-state index < -0.39 is 6.10 Å². The number of ether oxygens (including phenoxy) is 1. The fourth-order valence-electron chi connectivity index (χ4n) is 2.11. The monoisotopic (exact) mass is 302 g/mol. The Bertz CT molecular complexity index is 646. The number of anilines is 1. The molecule has 2 aromatic carbocycles. The number of carbonyl (C=O) groups is 1. The summed E-state index contributed by atoms with van der Waals surface area (Å²) in [5, 5.41) is 5.50. The summed E-state index contributed by atoms with van der Waals surface area (Å²) in [5.74, 6) is -0.330. The van der Waals surface area contributed by atoms with Gasteiger partial charge in [0.05, 0.1) is 6.10 Å². The van der Waals surface area contributed by atoms with Gasteiger partial charge in [0, 0.05) is 19.3 Å².